The lowest BCUT2D eigenvalue weighted by Crippen LogP contribution is -2.29. The molecule has 3 aliphatic rings. The number of allylic oxidation sites excluding steroid dienone is 5. The van der Waals surface area contributed by atoms with Crippen molar-refractivity contribution in [3.05, 3.63) is 47.2 Å². The van der Waals surface area contributed by atoms with Crippen molar-refractivity contribution in [3.63, 3.8) is 0 Å². The molecule has 0 aromatic heterocycles. The zero-order valence-corrected chi connectivity index (χ0v) is 14.4. The smallest absolute Gasteiger partial charge is 0.0419 e. The maximum absolute atomic E-state index is 3.56. The Bertz CT molecular complexity index is 520. The van der Waals surface area contributed by atoms with Crippen molar-refractivity contribution in [3.8, 4) is 0 Å². The molecule has 1 N–H and O–H groups in total. The van der Waals surface area contributed by atoms with E-state index in [1.165, 1.54) is 49.8 Å². The van der Waals surface area contributed by atoms with Gasteiger partial charge in [0.1, 0.15) is 0 Å². The fourth-order valence-electron chi connectivity index (χ4n) is 4.30. The summed E-state index contributed by atoms with van der Waals surface area (Å²) in [6.45, 7) is 6.89. The van der Waals surface area contributed by atoms with E-state index in [-0.39, 0.29) is 0 Å². The number of rotatable bonds is 4. The zero-order valence-electron chi connectivity index (χ0n) is 14.4. The van der Waals surface area contributed by atoms with Crippen LogP contribution in [0.15, 0.2) is 47.2 Å². The van der Waals surface area contributed by atoms with Gasteiger partial charge in [-0.25, -0.2) is 0 Å². The van der Waals surface area contributed by atoms with Crippen LogP contribution in [0.5, 0.6) is 0 Å². The van der Waals surface area contributed by atoms with Gasteiger partial charge < -0.3 is 5.32 Å². The number of hydrogen-bond acceptors (Lipinski definition) is 1. The van der Waals surface area contributed by atoms with E-state index in [0.717, 1.165) is 17.8 Å². The van der Waals surface area contributed by atoms with Gasteiger partial charge in [-0.3, -0.25) is 0 Å². The molecule has 4 atom stereocenters. The molecular weight excluding hydrogens is 266 g/mol. The van der Waals surface area contributed by atoms with Crippen molar-refractivity contribution in [2.24, 2.45) is 17.8 Å². The zero-order chi connectivity index (χ0) is 15.5. The van der Waals surface area contributed by atoms with Gasteiger partial charge in [-0.1, -0.05) is 49.3 Å². The molecule has 120 valence electrons. The fraction of sp³-hybridized carbons (Fsp3) is 0.619. The molecule has 2 aliphatic carbocycles. The van der Waals surface area contributed by atoms with Crippen LogP contribution in [-0.2, 0) is 0 Å². The molecule has 0 saturated heterocycles. The van der Waals surface area contributed by atoms with Gasteiger partial charge in [-0.15, -0.1) is 0 Å². The summed E-state index contributed by atoms with van der Waals surface area (Å²) < 4.78 is 0. The number of nitrogens with one attached hydrogen (secondary N) is 1. The molecule has 0 bridgehead atoms. The van der Waals surface area contributed by atoms with Gasteiger partial charge in [0.05, 0.1) is 0 Å². The second-order valence-corrected chi connectivity index (χ2v) is 7.52. The van der Waals surface area contributed by atoms with Crippen molar-refractivity contribution in [1.29, 1.82) is 0 Å². The van der Waals surface area contributed by atoms with Crippen molar-refractivity contribution in [2.45, 2.75) is 65.3 Å². The minimum atomic E-state index is 0.475. The van der Waals surface area contributed by atoms with E-state index in [9.17, 15) is 0 Å². The van der Waals surface area contributed by atoms with Gasteiger partial charge in [0.2, 0.25) is 0 Å². The third-order valence-corrected chi connectivity index (χ3v) is 5.75. The summed E-state index contributed by atoms with van der Waals surface area (Å²) in [5.41, 5.74) is 4.39. The van der Waals surface area contributed by atoms with Gasteiger partial charge in [0.15, 0.2) is 0 Å². The fourth-order valence-corrected chi connectivity index (χ4v) is 4.30. The molecular formula is C21H31N. The summed E-state index contributed by atoms with van der Waals surface area (Å²) in [6, 6.07) is 0.475. The SMILES string of the molecule is CC[C@@H]1CC(C)=CC[C@@H]1CC[C@H]1C=C2C=CC(C)NC2=CC1. The van der Waals surface area contributed by atoms with E-state index in [1.807, 2.05) is 0 Å². The van der Waals surface area contributed by atoms with E-state index in [1.54, 1.807) is 5.57 Å². The minimum Gasteiger partial charge on any atom is -0.379 e. The molecule has 0 aromatic carbocycles. The normalized spacial score (nSPS) is 34.2. The van der Waals surface area contributed by atoms with Crippen molar-refractivity contribution in [1.82, 2.24) is 5.32 Å². The van der Waals surface area contributed by atoms with Crippen LogP contribution in [0.3, 0.4) is 0 Å². The molecule has 22 heavy (non-hydrogen) atoms. The Hall–Kier alpha value is -1.24. The summed E-state index contributed by atoms with van der Waals surface area (Å²) in [5, 5.41) is 3.56. The standard InChI is InChI=1S/C21H31N/c1-4-18-13-15(2)5-9-19(18)11-7-17-8-12-21-20(14-17)10-6-16(3)22-21/h5-6,10,12,14,16-19,22H,4,7-9,11,13H2,1-3H3/t16?,17-,18-,19-/m1/s1. The molecule has 1 heterocycles. The highest BCUT2D eigenvalue weighted by Gasteiger charge is 2.24. The Morgan fingerprint density at radius 1 is 1.14 bits per heavy atom. The van der Waals surface area contributed by atoms with Gasteiger partial charge in [0.25, 0.3) is 0 Å². The van der Waals surface area contributed by atoms with E-state index >= 15 is 0 Å². The van der Waals surface area contributed by atoms with Crippen LogP contribution in [0.1, 0.15) is 59.3 Å². The molecule has 0 radical (unpaired) electrons. The molecule has 0 amide bonds. The average molecular weight is 297 g/mol. The second-order valence-electron chi connectivity index (χ2n) is 7.52. The van der Waals surface area contributed by atoms with Crippen molar-refractivity contribution < 1.29 is 0 Å². The molecule has 0 saturated carbocycles. The molecule has 1 heteroatoms. The van der Waals surface area contributed by atoms with Crippen LogP contribution in [-0.4, -0.2) is 6.04 Å². The van der Waals surface area contributed by atoms with Gasteiger partial charge in [-0.2, -0.15) is 0 Å². The molecule has 0 spiro atoms. The Morgan fingerprint density at radius 2 is 2.00 bits per heavy atom. The van der Waals surface area contributed by atoms with Crippen molar-refractivity contribution >= 4 is 0 Å². The second kappa shape index (κ2) is 6.89. The highest BCUT2D eigenvalue weighted by Crippen LogP contribution is 2.37. The van der Waals surface area contributed by atoms with Crippen LogP contribution in [0, 0.1) is 17.8 Å². The van der Waals surface area contributed by atoms with Crippen molar-refractivity contribution in [2.75, 3.05) is 0 Å². The summed E-state index contributed by atoms with van der Waals surface area (Å²) in [5.74, 6) is 2.57. The van der Waals surface area contributed by atoms with Gasteiger partial charge >= 0.3 is 0 Å². The number of hydrogen-bond donors (Lipinski definition) is 1. The van der Waals surface area contributed by atoms with E-state index in [0.29, 0.717) is 6.04 Å². The minimum absolute atomic E-state index is 0.475. The predicted octanol–water partition coefficient (Wildman–Crippen LogP) is 5.53. The van der Waals surface area contributed by atoms with Crippen LogP contribution in [0.4, 0.5) is 0 Å². The molecule has 0 fully saturated rings. The first kappa shape index (κ1) is 15.6. The lowest BCUT2D eigenvalue weighted by molar-refractivity contribution is 0.273. The molecule has 0 aromatic rings. The summed E-state index contributed by atoms with van der Waals surface area (Å²) in [4.78, 5) is 0. The van der Waals surface area contributed by atoms with E-state index in [4.69, 9.17) is 0 Å². The van der Waals surface area contributed by atoms with Crippen LogP contribution in [0.2, 0.25) is 0 Å². The first-order valence-electron chi connectivity index (χ1n) is 9.18. The van der Waals surface area contributed by atoms with Crippen LogP contribution in [0.25, 0.3) is 0 Å². The van der Waals surface area contributed by atoms with E-state index < -0.39 is 0 Å². The largest absolute Gasteiger partial charge is 0.379 e. The maximum atomic E-state index is 3.56. The van der Waals surface area contributed by atoms with Crippen LogP contribution >= 0.6 is 0 Å². The lowest BCUT2D eigenvalue weighted by Gasteiger charge is -2.32. The summed E-state index contributed by atoms with van der Waals surface area (Å²) in [6.07, 6.45) is 19.9. The molecule has 1 unspecified atom stereocenters. The number of fused-ring (bicyclic) bond motifs is 1. The third kappa shape index (κ3) is 3.56. The maximum Gasteiger partial charge on any atom is 0.0419 e. The Kier molecular flexibility index (Phi) is 4.90. The predicted molar refractivity (Wildman–Crippen MR) is 95.5 cm³/mol. The highest BCUT2D eigenvalue weighted by molar-refractivity contribution is 5.44. The Labute approximate surface area is 136 Å². The first-order valence-corrected chi connectivity index (χ1v) is 9.18. The van der Waals surface area contributed by atoms with E-state index in [2.05, 4.69) is 56.5 Å². The highest BCUT2D eigenvalue weighted by atomic mass is 14.9. The van der Waals surface area contributed by atoms with Gasteiger partial charge in [0, 0.05) is 11.7 Å². The Balaban J connectivity index is 1.57. The third-order valence-electron chi connectivity index (χ3n) is 5.75. The molecule has 1 aliphatic heterocycles. The van der Waals surface area contributed by atoms with Crippen LogP contribution < -0.4 is 5.32 Å². The lowest BCUT2D eigenvalue weighted by atomic mass is 9.75. The Morgan fingerprint density at radius 3 is 2.82 bits per heavy atom. The molecule has 3 rings (SSSR count). The molecule has 1 nitrogen and oxygen atoms in total. The van der Waals surface area contributed by atoms with Gasteiger partial charge in [-0.05, 0) is 69.3 Å². The summed E-state index contributed by atoms with van der Waals surface area (Å²) >= 11 is 0. The average Bonchev–Trinajstić information content (AvgIpc) is 2.53. The quantitative estimate of drug-likeness (QED) is 0.673. The first-order chi connectivity index (χ1) is 10.7. The topological polar surface area (TPSA) is 12.0 Å². The monoisotopic (exact) mass is 297 g/mol. The summed E-state index contributed by atoms with van der Waals surface area (Å²) in [7, 11) is 0.